The van der Waals surface area contributed by atoms with Crippen molar-refractivity contribution >= 4 is 0 Å². The maximum atomic E-state index is 13.4. The normalized spacial score (nSPS) is 20.1. The molecule has 7 heteroatoms. The zero-order chi connectivity index (χ0) is 15.5. The summed E-state index contributed by atoms with van der Waals surface area (Å²) in [5.74, 6) is -1.13. The fraction of sp³-hybridized carbons (Fsp3) is 0.571. The van der Waals surface area contributed by atoms with E-state index in [1.54, 1.807) is 0 Å². The van der Waals surface area contributed by atoms with Gasteiger partial charge < -0.3 is 5.32 Å². The van der Waals surface area contributed by atoms with Crippen molar-refractivity contribution in [1.29, 1.82) is 0 Å². The molecule has 0 aliphatic carbocycles. The topological polar surface area (TPSA) is 15.3 Å². The first-order chi connectivity index (χ1) is 9.83. The molecule has 0 bridgehead atoms. The zero-order valence-electron chi connectivity index (χ0n) is 11.4. The fourth-order valence-corrected chi connectivity index (χ4v) is 2.55. The second kappa shape index (κ2) is 6.70. The Morgan fingerprint density at radius 3 is 2.67 bits per heavy atom. The van der Waals surface area contributed by atoms with Gasteiger partial charge in [-0.05, 0) is 31.5 Å². The number of hydrogen-bond donors (Lipinski definition) is 1. The Hall–Kier alpha value is -1.21. The largest absolute Gasteiger partial charge is 0.401 e. The Morgan fingerprint density at radius 1 is 1.24 bits per heavy atom. The molecule has 21 heavy (non-hydrogen) atoms. The van der Waals surface area contributed by atoms with Crippen LogP contribution < -0.4 is 5.32 Å². The molecule has 1 atom stereocenters. The summed E-state index contributed by atoms with van der Waals surface area (Å²) in [7, 11) is 0. The first kappa shape index (κ1) is 16.2. The van der Waals surface area contributed by atoms with Gasteiger partial charge >= 0.3 is 6.18 Å². The molecule has 2 nitrogen and oxygen atoms in total. The molecule has 1 fully saturated rings. The van der Waals surface area contributed by atoms with Gasteiger partial charge in [-0.2, -0.15) is 13.2 Å². The predicted molar refractivity (Wildman–Crippen MR) is 68.7 cm³/mol. The molecule has 1 heterocycles. The molecule has 1 aliphatic heterocycles. The number of nitrogens with one attached hydrogen (secondary N) is 1. The zero-order valence-corrected chi connectivity index (χ0v) is 11.4. The molecule has 1 saturated heterocycles. The van der Waals surface area contributed by atoms with Crippen molar-refractivity contribution < 1.29 is 22.0 Å². The molecule has 0 spiro atoms. The van der Waals surface area contributed by atoms with Crippen LogP contribution in [0.2, 0.25) is 0 Å². The van der Waals surface area contributed by atoms with E-state index < -0.39 is 24.4 Å². The number of benzene rings is 1. The Morgan fingerprint density at radius 2 is 2.00 bits per heavy atom. The second-order valence-electron chi connectivity index (χ2n) is 5.37. The molecule has 0 amide bonds. The third kappa shape index (κ3) is 5.24. The van der Waals surface area contributed by atoms with Crippen LogP contribution in [0, 0.1) is 17.6 Å². The molecule has 118 valence electrons. The van der Waals surface area contributed by atoms with E-state index >= 15 is 0 Å². The Kier molecular flexibility index (Phi) is 5.16. The number of rotatable bonds is 5. The minimum atomic E-state index is -4.17. The van der Waals surface area contributed by atoms with Crippen molar-refractivity contribution in [2.75, 3.05) is 26.2 Å². The van der Waals surface area contributed by atoms with Gasteiger partial charge in [0.1, 0.15) is 11.6 Å². The van der Waals surface area contributed by atoms with Crippen LogP contribution in [0.5, 0.6) is 0 Å². The molecular weight excluding hydrogens is 291 g/mol. The van der Waals surface area contributed by atoms with Crippen LogP contribution in [0.15, 0.2) is 18.2 Å². The van der Waals surface area contributed by atoms with E-state index in [9.17, 15) is 22.0 Å². The van der Waals surface area contributed by atoms with E-state index in [1.807, 2.05) is 0 Å². The highest BCUT2D eigenvalue weighted by Crippen LogP contribution is 2.22. The number of halogens is 5. The lowest BCUT2D eigenvalue weighted by molar-refractivity contribution is -0.143. The molecule has 0 radical (unpaired) electrons. The van der Waals surface area contributed by atoms with Crippen LogP contribution in [0.25, 0.3) is 0 Å². The lowest BCUT2D eigenvalue weighted by atomic mass is 10.1. The SMILES string of the molecule is Fc1ccc(CNCC2CCN(CC(F)(F)F)C2)c(F)c1. The van der Waals surface area contributed by atoms with Crippen molar-refractivity contribution in [1.82, 2.24) is 10.2 Å². The maximum absolute atomic E-state index is 13.4. The molecule has 1 aromatic carbocycles. The quantitative estimate of drug-likeness (QED) is 0.842. The Balaban J connectivity index is 1.72. The van der Waals surface area contributed by atoms with E-state index in [0.29, 0.717) is 31.6 Å². The standard InChI is InChI=1S/C14H17F5N2/c15-12-2-1-11(13(16)5-12)7-20-6-10-3-4-21(8-10)9-14(17,18)19/h1-2,5,10,20H,3-4,6-9H2. The van der Waals surface area contributed by atoms with Crippen LogP contribution in [-0.4, -0.2) is 37.3 Å². The number of nitrogens with zero attached hydrogens (tertiary/aromatic N) is 1. The van der Waals surface area contributed by atoms with Gasteiger partial charge in [0.05, 0.1) is 6.54 Å². The highest BCUT2D eigenvalue weighted by atomic mass is 19.4. The lowest BCUT2D eigenvalue weighted by Crippen LogP contribution is -2.33. The predicted octanol–water partition coefficient (Wildman–Crippen LogP) is 2.94. The molecular formula is C14H17F5N2. The summed E-state index contributed by atoms with van der Waals surface area (Å²) < 4.78 is 62.9. The van der Waals surface area contributed by atoms with Crippen LogP contribution in [0.1, 0.15) is 12.0 Å². The third-order valence-corrected chi connectivity index (χ3v) is 3.54. The van der Waals surface area contributed by atoms with Crippen molar-refractivity contribution in [3.8, 4) is 0 Å². The summed E-state index contributed by atoms with van der Waals surface area (Å²) in [4.78, 5) is 1.38. The molecule has 0 saturated carbocycles. The highest BCUT2D eigenvalue weighted by molar-refractivity contribution is 5.18. The van der Waals surface area contributed by atoms with E-state index in [2.05, 4.69) is 5.32 Å². The van der Waals surface area contributed by atoms with Gasteiger partial charge in [0, 0.05) is 24.7 Å². The maximum Gasteiger partial charge on any atom is 0.401 e. The van der Waals surface area contributed by atoms with Gasteiger partial charge in [-0.25, -0.2) is 8.78 Å². The average molecular weight is 308 g/mol. The molecule has 0 aromatic heterocycles. The number of alkyl halides is 3. The van der Waals surface area contributed by atoms with Crippen LogP contribution in [-0.2, 0) is 6.54 Å². The van der Waals surface area contributed by atoms with Gasteiger partial charge in [0.25, 0.3) is 0 Å². The second-order valence-corrected chi connectivity index (χ2v) is 5.37. The summed E-state index contributed by atoms with van der Waals surface area (Å²) >= 11 is 0. The van der Waals surface area contributed by atoms with E-state index in [1.165, 1.54) is 17.0 Å². The van der Waals surface area contributed by atoms with Crippen molar-refractivity contribution in [2.45, 2.75) is 19.1 Å². The number of likely N-dealkylation sites (tertiary alicyclic amines) is 1. The molecule has 1 unspecified atom stereocenters. The van der Waals surface area contributed by atoms with Gasteiger partial charge in [0.15, 0.2) is 0 Å². The average Bonchev–Trinajstić information content (AvgIpc) is 2.77. The van der Waals surface area contributed by atoms with Gasteiger partial charge in [-0.15, -0.1) is 0 Å². The Bertz CT molecular complexity index is 475. The Labute approximate surface area is 119 Å². The fourth-order valence-electron chi connectivity index (χ4n) is 2.55. The monoisotopic (exact) mass is 308 g/mol. The smallest absolute Gasteiger partial charge is 0.312 e. The van der Waals surface area contributed by atoms with E-state index in [0.717, 1.165) is 6.07 Å². The summed E-state index contributed by atoms with van der Waals surface area (Å²) in [5.41, 5.74) is 0.349. The van der Waals surface area contributed by atoms with Crippen molar-refractivity contribution in [2.24, 2.45) is 5.92 Å². The van der Waals surface area contributed by atoms with E-state index in [4.69, 9.17) is 0 Å². The minimum absolute atomic E-state index is 0.121. The summed E-state index contributed by atoms with van der Waals surface area (Å²) in [6.07, 6.45) is -3.48. The van der Waals surface area contributed by atoms with Gasteiger partial charge in [-0.3, -0.25) is 4.90 Å². The minimum Gasteiger partial charge on any atom is -0.312 e. The van der Waals surface area contributed by atoms with Crippen LogP contribution in [0.3, 0.4) is 0 Å². The molecule has 1 aromatic rings. The van der Waals surface area contributed by atoms with Crippen LogP contribution in [0.4, 0.5) is 22.0 Å². The van der Waals surface area contributed by atoms with E-state index in [-0.39, 0.29) is 12.5 Å². The molecule has 2 rings (SSSR count). The highest BCUT2D eigenvalue weighted by Gasteiger charge is 2.34. The number of hydrogen-bond acceptors (Lipinski definition) is 2. The summed E-state index contributed by atoms with van der Waals surface area (Å²) in [6.45, 7) is 0.693. The van der Waals surface area contributed by atoms with Crippen molar-refractivity contribution in [3.63, 3.8) is 0 Å². The van der Waals surface area contributed by atoms with Gasteiger partial charge in [0.2, 0.25) is 0 Å². The first-order valence-electron chi connectivity index (χ1n) is 6.77. The molecule has 1 N–H and O–H groups in total. The van der Waals surface area contributed by atoms with Crippen molar-refractivity contribution in [3.05, 3.63) is 35.4 Å². The first-order valence-corrected chi connectivity index (χ1v) is 6.77. The molecule has 1 aliphatic rings. The third-order valence-electron chi connectivity index (χ3n) is 3.54. The van der Waals surface area contributed by atoms with Crippen LogP contribution >= 0.6 is 0 Å². The summed E-state index contributed by atoms with van der Waals surface area (Å²) in [5, 5.41) is 3.02. The lowest BCUT2D eigenvalue weighted by Gasteiger charge is -2.18. The summed E-state index contributed by atoms with van der Waals surface area (Å²) in [6, 6.07) is 3.36. The van der Waals surface area contributed by atoms with Gasteiger partial charge in [-0.1, -0.05) is 6.07 Å².